The number of carbonyl (C=O) groups is 1. The second-order valence-corrected chi connectivity index (χ2v) is 7.39. The van der Waals surface area contributed by atoms with E-state index in [1.807, 2.05) is 45.2 Å². The lowest BCUT2D eigenvalue weighted by molar-refractivity contribution is 0.0941. The predicted octanol–water partition coefficient (Wildman–Crippen LogP) is 4.08. The van der Waals surface area contributed by atoms with Gasteiger partial charge in [0.2, 0.25) is 0 Å². The molecule has 0 aromatic carbocycles. The molecule has 0 aliphatic heterocycles. The Kier molecular flexibility index (Phi) is 4.66. The Balaban J connectivity index is 1.89. The van der Waals surface area contributed by atoms with Gasteiger partial charge in [0.15, 0.2) is 0 Å². The fraction of sp³-hybridized carbons (Fsp3) is 0.389. The summed E-state index contributed by atoms with van der Waals surface area (Å²) in [5.41, 5.74) is 2.52. The van der Waals surface area contributed by atoms with Crippen LogP contribution >= 0.6 is 11.3 Å². The van der Waals surface area contributed by atoms with Gasteiger partial charge in [-0.1, -0.05) is 25.1 Å². The van der Waals surface area contributed by atoms with Crippen LogP contribution in [0.2, 0.25) is 0 Å². The molecule has 0 aliphatic carbocycles. The molecule has 126 valence electrons. The number of hydrogen-bond acceptors (Lipinski definition) is 5. The molecule has 3 aromatic heterocycles. The van der Waals surface area contributed by atoms with Crippen molar-refractivity contribution in [2.45, 2.75) is 46.1 Å². The Morgan fingerprint density at radius 3 is 2.83 bits per heavy atom. The number of nitrogens with zero attached hydrogens (tertiary/aromatic N) is 2. The molecule has 1 amide bonds. The summed E-state index contributed by atoms with van der Waals surface area (Å²) in [5.74, 6) is 0.0922. The van der Waals surface area contributed by atoms with Gasteiger partial charge in [0.25, 0.3) is 11.6 Å². The fourth-order valence-corrected chi connectivity index (χ4v) is 3.51. The number of aryl methyl sites for hydroxylation is 1. The molecular weight excluding hydrogens is 322 g/mol. The van der Waals surface area contributed by atoms with Crippen molar-refractivity contribution in [2.24, 2.45) is 0 Å². The van der Waals surface area contributed by atoms with Gasteiger partial charge in [0.05, 0.1) is 16.6 Å². The van der Waals surface area contributed by atoms with Crippen LogP contribution in [0.5, 0.6) is 0 Å². The Labute approximate surface area is 145 Å². The number of rotatable bonds is 5. The molecule has 0 aliphatic rings. The topological polar surface area (TPSA) is 68.0 Å². The summed E-state index contributed by atoms with van der Waals surface area (Å²) in [5, 5.41) is 9.79. The molecule has 6 heteroatoms. The highest BCUT2D eigenvalue weighted by Gasteiger charge is 2.20. The summed E-state index contributed by atoms with van der Waals surface area (Å²) in [6, 6.07) is 6.00. The molecule has 0 saturated heterocycles. The van der Waals surface area contributed by atoms with E-state index >= 15 is 0 Å². The number of pyridine rings is 1. The summed E-state index contributed by atoms with van der Waals surface area (Å²) in [4.78, 5) is 18.5. The molecule has 3 heterocycles. The minimum atomic E-state index is -0.111. The standard InChI is InChI=1S/C18H21N3O2S/c1-10(2)15-9-14(16-12(4)21-23-18(16)20-15)17(22)19-11(3)8-13-6-5-7-24-13/h5-7,9-11H,8H2,1-4H3,(H,19,22). The van der Waals surface area contributed by atoms with E-state index in [-0.39, 0.29) is 17.9 Å². The Hall–Kier alpha value is -2.21. The molecule has 0 saturated carbocycles. The molecule has 0 spiro atoms. The summed E-state index contributed by atoms with van der Waals surface area (Å²) >= 11 is 1.70. The minimum absolute atomic E-state index is 0.0435. The molecule has 0 fully saturated rings. The van der Waals surface area contributed by atoms with Gasteiger partial charge in [0, 0.05) is 23.0 Å². The Morgan fingerprint density at radius 1 is 1.38 bits per heavy atom. The van der Waals surface area contributed by atoms with Gasteiger partial charge in [-0.15, -0.1) is 11.3 Å². The van der Waals surface area contributed by atoms with Crippen molar-refractivity contribution in [3.63, 3.8) is 0 Å². The van der Waals surface area contributed by atoms with Crippen molar-refractivity contribution < 1.29 is 9.32 Å². The average molecular weight is 343 g/mol. The van der Waals surface area contributed by atoms with Crippen LogP contribution in [0.15, 0.2) is 28.1 Å². The Morgan fingerprint density at radius 2 is 2.17 bits per heavy atom. The molecule has 5 nitrogen and oxygen atoms in total. The zero-order valence-corrected chi connectivity index (χ0v) is 15.1. The lowest BCUT2D eigenvalue weighted by Gasteiger charge is -2.14. The highest BCUT2D eigenvalue weighted by Crippen LogP contribution is 2.25. The van der Waals surface area contributed by atoms with Gasteiger partial charge in [-0.3, -0.25) is 4.79 Å². The molecule has 1 N–H and O–H groups in total. The minimum Gasteiger partial charge on any atom is -0.349 e. The van der Waals surface area contributed by atoms with E-state index in [9.17, 15) is 4.79 Å². The van der Waals surface area contributed by atoms with E-state index in [2.05, 4.69) is 21.5 Å². The molecular formula is C18H21N3O2S. The van der Waals surface area contributed by atoms with E-state index in [0.717, 1.165) is 12.1 Å². The molecule has 0 radical (unpaired) electrons. The van der Waals surface area contributed by atoms with Crippen molar-refractivity contribution in [2.75, 3.05) is 0 Å². The maximum atomic E-state index is 12.8. The first kappa shape index (κ1) is 16.6. The molecule has 24 heavy (non-hydrogen) atoms. The van der Waals surface area contributed by atoms with E-state index < -0.39 is 0 Å². The number of carbonyl (C=O) groups excluding carboxylic acids is 1. The van der Waals surface area contributed by atoms with Crippen LogP contribution in [0.25, 0.3) is 11.1 Å². The summed E-state index contributed by atoms with van der Waals surface area (Å²) in [7, 11) is 0. The van der Waals surface area contributed by atoms with Gasteiger partial charge >= 0.3 is 0 Å². The number of nitrogens with one attached hydrogen (secondary N) is 1. The van der Waals surface area contributed by atoms with E-state index in [1.54, 1.807) is 11.3 Å². The third-order valence-electron chi connectivity index (χ3n) is 3.94. The SMILES string of the molecule is Cc1noc2nc(C(C)C)cc(C(=O)NC(C)Cc3cccs3)c12. The fourth-order valence-electron chi connectivity index (χ4n) is 2.67. The highest BCUT2D eigenvalue weighted by molar-refractivity contribution is 7.09. The second kappa shape index (κ2) is 6.73. The largest absolute Gasteiger partial charge is 0.349 e. The molecule has 1 atom stereocenters. The zero-order chi connectivity index (χ0) is 17.3. The molecule has 0 bridgehead atoms. The number of hydrogen-bond donors (Lipinski definition) is 1. The van der Waals surface area contributed by atoms with Crippen molar-refractivity contribution >= 4 is 28.3 Å². The summed E-state index contributed by atoms with van der Waals surface area (Å²) in [6.07, 6.45) is 0.817. The molecule has 3 aromatic rings. The average Bonchev–Trinajstić information content (AvgIpc) is 3.16. The van der Waals surface area contributed by atoms with Gasteiger partial charge in [-0.25, -0.2) is 4.98 Å². The smallest absolute Gasteiger partial charge is 0.259 e. The van der Waals surface area contributed by atoms with Crippen LogP contribution in [0.3, 0.4) is 0 Å². The molecule has 3 rings (SSSR count). The quantitative estimate of drug-likeness (QED) is 0.758. The monoisotopic (exact) mass is 343 g/mol. The van der Waals surface area contributed by atoms with Crippen LogP contribution in [-0.4, -0.2) is 22.1 Å². The van der Waals surface area contributed by atoms with Crippen LogP contribution in [0.4, 0.5) is 0 Å². The van der Waals surface area contributed by atoms with E-state index in [1.165, 1.54) is 4.88 Å². The normalized spacial score (nSPS) is 12.7. The first-order valence-corrected chi connectivity index (χ1v) is 8.94. The first-order chi connectivity index (χ1) is 11.5. The van der Waals surface area contributed by atoms with Gasteiger partial charge in [-0.2, -0.15) is 0 Å². The third kappa shape index (κ3) is 3.33. The number of aromatic nitrogens is 2. The second-order valence-electron chi connectivity index (χ2n) is 6.36. The van der Waals surface area contributed by atoms with Crippen LogP contribution in [0, 0.1) is 6.92 Å². The summed E-state index contributed by atoms with van der Waals surface area (Å²) in [6.45, 7) is 7.92. The highest BCUT2D eigenvalue weighted by atomic mass is 32.1. The predicted molar refractivity (Wildman–Crippen MR) is 95.6 cm³/mol. The van der Waals surface area contributed by atoms with Gasteiger partial charge < -0.3 is 9.84 Å². The lowest BCUT2D eigenvalue weighted by atomic mass is 10.0. The maximum Gasteiger partial charge on any atom is 0.259 e. The van der Waals surface area contributed by atoms with Crippen LogP contribution in [-0.2, 0) is 6.42 Å². The van der Waals surface area contributed by atoms with Crippen LogP contribution in [0.1, 0.15) is 53.3 Å². The number of fused-ring (bicyclic) bond motifs is 1. The van der Waals surface area contributed by atoms with E-state index in [0.29, 0.717) is 22.4 Å². The van der Waals surface area contributed by atoms with E-state index in [4.69, 9.17) is 4.52 Å². The third-order valence-corrected chi connectivity index (χ3v) is 4.84. The van der Waals surface area contributed by atoms with Gasteiger partial charge in [-0.05, 0) is 37.3 Å². The van der Waals surface area contributed by atoms with Crippen LogP contribution < -0.4 is 5.32 Å². The maximum absolute atomic E-state index is 12.8. The number of amides is 1. The van der Waals surface area contributed by atoms with Gasteiger partial charge in [0.1, 0.15) is 0 Å². The van der Waals surface area contributed by atoms with Crippen molar-refractivity contribution in [3.05, 3.63) is 45.4 Å². The molecule has 1 unspecified atom stereocenters. The van der Waals surface area contributed by atoms with Crippen molar-refractivity contribution in [3.8, 4) is 0 Å². The first-order valence-electron chi connectivity index (χ1n) is 8.06. The van der Waals surface area contributed by atoms with Crippen molar-refractivity contribution in [1.29, 1.82) is 0 Å². The number of thiophene rings is 1. The van der Waals surface area contributed by atoms with Crippen molar-refractivity contribution in [1.82, 2.24) is 15.5 Å². The lowest BCUT2D eigenvalue weighted by Crippen LogP contribution is -2.34. The summed E-state index contributed by atoms with van der Waals surface area (Å²) < 4.78 is 5.28. The zero-order valence-electron chi connectivity index (χ0n) is 14.3. The Bertz CT molecular complexity index is 853.